The van der Waals surface area contributed by atoms with Gasteiger partial charge in [-0.15, -0.1) is 0 Å². The minimum absolute atomic E-state index is 0.0321. The first-order valence-corrected chi connectivity index (χ1v) is 8.41. The van der Waals surface area contributed by atoms with Gasteiger partial charge in [-0.3, -0.25) is 9.59 Å². The number of furan rings is 2. The summed E-state index contributed by atoms with van der Waals surface area (Å²) >= 11 is 3.08. The van der Waals surface area contributed by atoms with E-state index in [1.165, 1.54) is 24.5 Å². The second kappa shape index (κ2) is 8.52. The van der Waals surface area contributed by atoms with Crippen molar-refractivity contribution in [2.45, 2.75) is 19.9 Å². The van der Waals surface area contributed by atoms with Crippen LogP contribution in [0.15, 0.2) is 49.7 Å². The molecule has 0 spiro atoms. The van der Waals surface area contributed by atoms with Gasteiger partial charge in [0.1, 0.15) is 11.5 Å². The number of carboxylic acid groups (broad SMARTS) is 1. The first-order chi connectivity index (χ1) is 12.3. The summed E-state index contributed by atoms with van der Waals surface area (Å²) in [5.41, 5.74) is -0.204. The number of aliphatic carboxylic acids is 1. The van der Waals surface area contributed by atoms with Crippen molar-refractivity contribution < 1.29 is 28.3 Å². The number of nitrogens with one attached hydrogen (secondary N) is 2. The van der Waals surface area contributed by atoms with Crippen LogP contribution in [-0.4, -0.2) is 23.8 Å². The van der Waals surface area contributed by atoms with E-state index in [1.807, 2.05) is 0 Å². The number of halogens is 1. The van der Waals surface area contributed by atoms with Gasteiger partial charge in [0, 0.05) is 6.08 Å². The lowest BCUT2D eigenvalue weighted by Gasteiger charge is -2.23. The van der Waals surface area contributed by atoms with Gasteiger partial charge >= 0.3 is 0 Å². The number of hydrogen-bond acceptors (Lipinski definition) is 6. The van der Waals surface area contributed by atoms with Crippen molar-refractivity contribution in [3.63, 3.8) is 0 Å². The summed E-state index contributed by atoms with van der Waals surface area (Å²) in [4.78, 5) is 35.9. The Labute approximate surface area is 157 Å². The van der Waals surface area contributed by atoms with Crippen LogP contribution in [0.2, 0.25) is 0 Å². The van der Waals surface area contributed by atoms with Crippen LogP contribution in [0.5, 0.6) is 0 Å². The molecule has 2 N–H and O–H groups in total. The monoisotopic (exact) mass is 423 g/mol. The number of amides is 2. The van der Waals surface area contributed by atoms with E-state index in [1.54, 1.807) is 26.0 Å². The third-order valence-corrected chi connectivity index (χ3v) is 3.75. The predicted octanol–water partition coefficient (Wildman–Crippen LogP) is 1.30. The first-order valence-electron chi connectivity index (χ1n) is 7.61. The fourth-order valence-corrected chi connectivity index (χ4v) is 2.32. The average Bonchev–Trinajstić information content (AvgIpc) is 3.22. The number of carboxylic acids is 1. The van der Waals surface area contributed by atoms with Crippen molar-refractivity contribution in [2.24, 2.45) is 5.92 Å². The molecule has 0 aromatic carbocycles. The van der Waals surface area contributed by atoms with Crippen molar-refractivity contribution in [3.8, 4) is 0 Å². The van der Waals surface area contributed by atoms with E-state index < -0.39 is 29.7 Å². The summed E-state index contributed by atoms with van der Waals surface area (Å²) in [5, 5.41) is 15.9. The summed E-state index contributed by atoms with van der Waals surface area (Å²) in [6, 6.07) is 4.89. The standard InChI is InChI=1S/C17H17BrN2O6/c1-9(2)14(17(23)24)20-15(21)11(8-10-4-3-7-25-10)19-16(22)12-5-6-13(18)26-12/h3-9,14H,1-2H3,(H,19,22)(H,20,21)(H,23,24)/p-1/b11-8-/t14-/m0/s1. The number of hydrogen-bond donors (Lipinski definition) is 2. The third-order valence-electron chi connectivity index (χ3n) is 3.33. The molecule has 9 heteroatoms. The zero-order valence-electron chi connectivity index (χ0n) is 13.9. The van der Waals surface area contributed by atoms with Gasteiger partial charge in [-0.1, -0.05) is 13.8 Å². The highest BCUT2D eigenvalue weighted by Gasteiger charge is 2.22. The lowest BCUT2D eigenvalue weighted by molar-refractivity contribution is -0.309. The molecule has 0 fully saturated rings. The van der Waals surface area contributed by atoms with Crippen LogP contribution < -0.4 is 15.7 Å². The van der Waals surface area contributed by atoms with Crippen molar-refractivity contribution in [2.75, 3.05) is 0 Å². The zero-order chi connectivity index (χ0) is 19.3. The lowest BCUT2D eigenvalue weighted by Crippen LogP contribution is -2.52. The fraction of sp³-hybridized carbons (Fsp3) is 0.235. The Morgan fingerprint density at radius 1 is 1.23 bits per heavy atom. The molecule has 26 heavy (non-hydrogen) atoms. The van der Waals surface area contributed by atoms with Gasteiger partial charge in [-0.25, -0.2) is 0 Å². The van der Waals surface area contributed by atoms with Crippen LogP contribution in [0.1, 0.15) is 30.2 Å². The molecule has 2 rings (SSSR count). The highest BCUT2D eigenvalue weighted by molar-refractivity contribution is 9.10. The van der Waals surface area contributed by atoms with Gasteiger partial charge in [-0.2, -0.15) is 0 Å². The van der Waals surface area contributed by atoms with E-state index in [4.69, 9.17) is 8.83 Å². The lowest BCUT2D eigenvalue weighted by atomic mass is 10.0. The second-order valence-electron chi connectivity index (χ2n) is 5.65. The summed E-state index contributed by atoms with van der Waals surface area (Å²) in [5.74, 6) is -3.06. The Hall–Kier alpha value is -2.81. The molecule has 1 atom stereocenters. The van der Waals surface area contributed by atoms with Crippen molar-refractivity contribution in [1.82, 2.24) is 10.6 Å². The van der Waals surface area contributed by atoms with Crippen LogP contribution in [0.4, 0.5) is 0 Å². The summed E-state index contributed by atoms with van der Waals surface area (Å²) in [6.07, 6.45) is 2.67. The molecule has 0 radical (unpaired) electrons. The molecule has 0 saturated carbocycles. The van der Waals surface area contributed by atoms with Gasteiger partial charge < -0.3 is 29.4 Å². The number of carbonyl (C=O) groups is 3. The van der Waals surface area contributed by atoms with Crippen molar-refractivity contribution in [3.05, 3.63) is 52.4 Å². The molecule has 0 saturated heterocycles. The topological polar surface area (TPSA) is 125 Å². The summed E-state index contributed by atoms with van der Waals surface area (Å²) < 4.78 is 10.6. The molecular formula is C17H16BrN2O6-. The maximum Gasteiger partial charge on any atom is 0.291 e. The molecule has 2 heterocycles. The largest absolute Gasteiger partial charge is 0.548 e. The van der Waals surface area contributed by atoms with E-state index in [-0.39, 0.29) is 11.5 Å². The van der Waals surface area contributed by atoms with Crippen LogP contribution in [0.3, 0.4) is 0 Å². The van der Waals surface area contributed by atoms with E-state index in [0.717, 1.165) is 0 Å². The van der Waals surface area contributed by atoms with Gasteiger partial charge in [-0.05, 0) is 46.1 Å². The summed E-state index contributed by atoms with van der Waals surface area (Å²) in [7, 11) is 0. The SMILES string of the molecule is CC(C)[C@H](NC(=O)/C(=C/c1ccco1)NC(=O)c1ccc(Br)o1)C(=O)[O-]. The molecule has 2 aromatic rings. The first kappa shape index (κ1) is 19.5. The molecule has 0 unspecified atom stereocenters. The molecule has 0 aliphatic heterocycles. The average molecular weight is 424 g/mol. The van der Waals surface area contributed by atoms with E-state index in [9.17, 15) is 19.5 Å². The van der Waals surface area contributed by atoms with E-state index >= 15 is 0 Å². The van der Waals surface area contributed by atoms with Gasteiger partial charge in [0.15, 0.2) is 10.4 Å². The normalized spacial score (nSPS) is 12.7. The Balaban J connectivity index is 2.25. The molecule has 2 amide bonds. The van der Waals surface area contributed by atoms with E-state index in [2.05, 4.69) is 26.6 Å². The highest BCUT2D eigenvalue weighted by atomic mass is 79.9. The quantitative estimate of drug-likeness (QED) is 0.646. The van der Waals surface area contributed by atoms with Crippen molar-refractivity contribution >= 4 is 39.8 Å². The van der Waals surface area contributed by atoms with Gasteiger partial charge in [0.25, 0.3) is 11.8 Å². The van der Waals surface area contributed by atoms with Crippen LogP contribution in [0, 0.1) is 5.92 Å². The molecule has 0 aliphatic carbocycles. The predicted molar refractivity (Wildman–Crippen MR) is 92.3 cm³/mol. The third kappa shape index (κ3) is 5.09. The number of rotatable bonds is 7. The van der Waals surface area contributed by atoms with Crippen LogP contribution >= 0.6 is 15.9 Å². The Morgan fingerprint density at radius 2 is 1.96 bits per heavy atom. The van der Waals surface area contributed by atoms with Gasteiger partial charge in [0.2, 0.25) is 0 Å². The van der Waals surface area contributed by atoms with Crippen molar-refractivity contribution in [1.29, 1.82) is 0 Å². The fourth-order valence-electron chi connectivity index (χ4n) is 2.01. The zero-order valence-corrected chi connectivity index (χ0v) is 15.5. The number of carbonyl (C=O) groups excluding carboxylic acids is 3. The minimum Gasteiger partial charge on any atom is -0.548 e. The Kier molecular flexibility index (Phi) is 6.40. The Bertz CT molecular complexity index is 822. The molecule has 0 bridgehead atoms. The maximum atomic E-state index is 12.5. The molecule has 0 aliphatic rings. The molecule has 8 nitrogen and oxygen atoms in total. The second-order valence-corrected chi connectivity index (χ2v) is 6.43. The minimum atomic E-state index is -1.42. The van der Waals surface area contributed by atoms with Crippen LogP contribution in [-0.2, 0) is 9.59 Å². The Morgan fingerprint density at radius 3 is 2.46 bits per heavy atom. The smallest absolute Gasteiger partial charge is 0.291 e. The molecule has 2 aromatic heterocycles. The molecular weight excluding hydrogens is 408 g/mol. The maximum absolute atomic E-state index is 12.5. The summed E-state index contributed by atoms with van der Waals surface area (Å²) in [6.45, 7) is 3.24. The highest BCUT2D eigenvalue weighted by Crippen LogP contribution is 2.15. The van der Waals surface area contributed by atoms with Gasteiger partial charge in [0.05, 0.1) is 18.3 Å². The van der Waals surface area contributed by atoms with Crippen LogP contribution in [0.25, 0.3) is 6.08 Å². The van der Waals surface area contributed by atoms with E-state index in [0.29, 0.717) is 10.4 Å². The molecule has 138 valence electrons.